The Morgan fingerprint density at radius 2 is 2.06 bits per heavy atom. The fraction of sp³-hybridized carbons (Fsp3) is 0.600. The second-order valence-electron chi connectivity index (χ2n) is 5.43. The number of likely N-dealkylation sites (N-methyl/N-ethyl adjacent to an activating group) is 1. The number of nitrogen functional groups attached to an aromatic ring is 1. The zero-order valence-corrected chi connectivity index (χ0v) is 11.6. The Bertz CT molecular complexity index is 378. The molecule has 1 heterocycles. The number of para-hydroxylation sites is 1. The molecule has 0 spiro atoms. The van der Waals surface area contributed by atoms with Gasteiger partial charge in [-0.3, -0.25) is 0 Å². The third kappa shape index (κ3) is 3.47. The lowest BCUT2D eigenvalue weighted by atomic mass is 10.1. The van der Waals surface area contributed by atoms with E-state index in [-0.39, 0.29) is 0 Å². The van der Waals surface area contributed by atoms with Gasteiger partial charge >= 0.3 is 0 Å². The van der Waals surface area contributed by atoms with E-state index in [0.29, 0.717) is 6.04 Å². The molecule has 1 aliphatic heterocycles. The molecule has 1 unspecified atom stereocenters. The van der Waals surface area contributed by atoms with Crippen molar-refractivity contribution in [2.45, 2.75) is 25.8 Å². The zero-order valence-electron chi connectivity index (χ0n) is 11.6. The highest BCUT2D eigenvalue weighted by molar-refractivity contribution is 5.46. The summed E-state index contributed by atoms with van der Waals surface area (Å²) in [6, 6.07) is 8.89. The molecule has 2 rings (SSSR count). The van der Waals surface area contributed by atoms with E-state index in [1.807, 2.05) is 12.1 Å². The summed E-state index contributed by atoms with van der Waals surface area (Å²) in [7, 11) is 2.21. The SMILES string of the molecule is CC1CN(CCCc2ccccc2N)CCN1C. The van der Waals surface area contributed by atoms with Crippen molar-refractivity contribution in [1.29, 1.82) is 0 Å². The average molecular weight is 247 g/mol. The van der Waals surface area contributed by atoms with Crippen molar-refractivity contribution < 1.29 is 0 Å². The van der Waals surface area contributed by atoms with Gasteiger partial charge in [0.2, 0.25) is 0 Å². The van der Waals surface area contributed by atoms with Crippen LogP contribution in [0.25, 0.3) is 0 Å². The van der Waals surface area contributed by atoms with Crippen molar-refractivity contribution in [3.63, 3.8) is 0 Å². The van der Waals surface area contributed by atoms with Crippen LogP contribution in [0.2, 0.25) is 0 Å². The first-order valence-corrected chi connectivity index (χ1v) is 6.93. The summed E-state index contributed by atoms with van der Waals surface area (Å²) >= 11 is 0. The first-order chi connectivity index (χ1) is 8.66. The van der Waals surface area contributed by atoms with Gasteiger partial charge in [0.1, 0.15) is 0 Å². The molecule has 18 heavy (non-hydrogen) atoms. The standard InChI is InChI=1S/C15H25N3/c1-13-12-18(11-10-17(13)2)9-5-7-14-6-3-4-8-15(14)16/h3-4,6,8,13H,5,7,9-12,16H2,1-2H3. The monoisotopic (exact) mass is 247 g/mol. The Morgan fingerprint density at radius 3 is 2.78 bits per heavy atom. The van der Waals surface area contributed by atoms with Crippen molar-refractivity contribution >= 4 is 5.69 Å². The van der Waals surface area contributed by atoms with E-state index >= 15 is 0 Å². The third-order valence-corrected chi connectivity index (χ3v) is 4.02. The highest BCUT2D eigenvalue weighted by Gasteiger charge is 2.19. The fourth-order valence-corrected chi connectivity index (χ4v) is 2.58. The largest absolute Gasteiger partial charge is 0.399 e. The number of hydrogen-bond donors (Lipinski definition) is 1. The second-order valence-corrected chi connectivity index (χ2v) is 5.43. The Balaban J connectivity index is 1.74. The van der Waals surface area contributed by atoms with Crippen molar-refractivity contribution in [3.8, 4) is 0 Å². The van der Waals surface area contributed by atoms with E-state index in [9.17, 15) is 0 Å². The molecule has 0 aromatic heterocycles. The van der Waals surface area contributed by atoms with Crippen LogP contribution in [0.15, 0.2) is 24.3 Å². The summed E-state index contributed by atoms with van der Waals surface area (Å²) in [5, 5.41) is 0. The Kier molecular flexibility index (Phi) is 4.61. The van der Waals surface area contributed by atoms with Gasteiger partial charge in [-0.1, -0.05) is 18.2 Å². The fourth-order valence-electron chi connectivity index (χ4n) is 2.58. The summed E-state index contributed by atoms with van der Waals surface area (Å²) in [4.78, 5) is 5.01. The number of aryl methyl sites for hydroxylation is 1. The molecule has 3 nitrogen and oxygen atoms in total. The molecule has 1 aromatic carbocycles. The molecule has 3 heteroatoms. The molecule has 1 fully saturated rings. The molecule has 1 aliphatic rings. The van der Waals surface area contributed by atoms with Crippen LogP contribution in [-0.4, -0.2) is 49.1 Å². The number of nitrogens with zero attached hydrogens (tertiary/aromatic N) is 2. The minimum Gasteiger partial charge on any atom is -0.399 e. The van der Waals surface area contributed by atoms with Gasteiger partial charge in [0.15, 0.2) is 0 Å². The molecule has 1 saturated heterocycles. The highest BCUT2D eigenvalue weighted by Crippen LogP contribution is 2.14. The number of rotatable bonds is 4. The van der Waals surface area contributed by atoms with Gasteiger partial charge in [-0.05, 0) is 45.0 Å². The van der Waals surface area contributed by atoms with Gasteiger partial charge in [-0.2, -0.15) is 0 Å². The predicted molar refractivity (Wildman–Crippen MR) is 77.7 cm³/mol. The molecular weight excluding hydrogens is 222 g/mol. The summed E-state index contributed by atoms with van der Waals surface area (Å²) in [6.45, 7) is 7.08. The van der Waals surface area contributed by atoms with Crippen LogP contribution in [0.3, 0.4) is 0 Å². The van der Waals surface area contributed by atoms with Crippen LogP contribution < -0.4 is 5.73 Å². The Morgan fingerprint density at radius 1 is 1.28 bits per heavy atom. The van der Waals surface area contributed by atoms with Gasteiger partial charge in [0.05, 0.1) is 0 Å². The van der Waals surface area contributed by atoms with Crippen molar-refractivity contribution in [1.82, 2.24) is 9.80 Å². The number of benzene rings is 1. The maximum absolute atomic E-state index is 5.96. The first kappa shape index (κ1) is 13.4. The van der Waals surface area contributed by atoms with Crippen molar-refractivity contribution in [2.24, 2.45) is 0 Å². The molecule has 0 aliphatic carbocycles. The zero-order chi connectivity index (χ0) is 13.0. The average Bonchev–Trinajstić information content (AvgIpc) is 2.36. The van der Waals surface area contributed by atoms with Gasteiger partial charge in [0, 0.05) is 31.4 Å². The van der Waals surface area contributed by atoms with Crippen LogP contribution in [0, 0.1) is 0 Å². The van der Waals surface area contributed by atoms with Crippen LogP contribution in [-0.2, 0) is 6.42 Å². The molecular formula is C15H25N3. The van der Waals surface area contributed by atoms with Crippen molar-refractivity contribution in [2.75, 3.05) is 39.0 Å². The minimum atomic E-state index is 0.681. The summed E-state index contributed by atoms with van der Waals surface area (Å²) in [6.07, 6.45) is 2.29. The number of hydrogen-bond acceptors (Lipinski definition) is 3. The normalized spacial score (nSPS) is 22.2. The predicted octanol–water partition coefficient (Wildman–Crippen LogP) is 1.84. The van der Waals surface area contributed by atoms with Gasteiger partial charge in [0.25, 0.3) is 0 Å². The van der Waals surface area contributed by atoms with E-state index in [2.05, 4.69) is 35.9 Å². The van der Waals surface area contributed by atoms with Gasteiger partial charge in [-0.25, -0.2) is 0 Å². The minimum absolute atomic E-state index is 0.681. The van der Waals surface area contributed by atoms with E-state index in [1.54, 1.807) is 0 Å². The lowest BCUT2D eigenvalue weighted by molar-refractivity contribution is 0.104. The lowest BCUT2D eigenvalue weighted by Crippen LogP contribution is -2.50. The van der Waals surface area contributed by atoms with Crippen LogP contribution in [0.4, 0.5) is 5.69 Å². The smallest absolute Gasteiger partial charge is 0.0346 e. The van der Waals surface area contributed by atoms with E-state index < -0.39 is 0 Å². The third-order valence-electron chi connectivity index (χ3n) is 4.02. The number of piperazine rings is 1. The molecule has 1 atom stereocenters. The van der Waals surface area contributed by atoms with E-state index in [1.165, 1.54) is 38.2 Å². The molecule has 1 aromatic rings. The maximum atomic E-state index is 5.96. The van der Waals surface area contributed by atoms with Crippen LogP contribution in [0.1, 0.15) is 18.9 Å². The van der Waals surface area contributed by atoms with Crippen LogP contribution in [0.5, 0.6) is 0 Å². The van der Waals surface area contributed by atoms with Crippen LogP contribution >= 0.6 is 0 Å². The summed E-state index contributed by atoms with van der Waals surface area (Å²) in [5.74, 6) is 0. The number of anilines is 1. The Hall–Kier alpha value is -1.06. The molecule has 0 radical (unpaired) electrons. The first-order valence-electron chi connectivity index (χ1n) is 6.93. The molecule has 0 amide bonds. The maximum Gasteiger partial charge on any atom is 0.0346 e. The molecule has 0 bridgehead atoms. The summed E-state index contributed by atoms with van der Waals surface area (Å²) in [5.41, 5.74) is 8.19. The van der Waals surface area contributed by atoms with Crippen molar-refractivity contribution in [3.05, 3.63) is 29.8 Å². The summed E-state index contributed by atoms with van der Waals surface area (Å²) < 4.78 is 0. The molecule has 0 saturated carbocycles. The number of nitrogens with two attached hydrogens (primary N) is 1. The molecule has 2 N–H and O–H groups in total. The Labute approximate surface area is 111 Å². The molecule has 100 valence electrons. The van der Waals surface area contributed by atoms with E-state index in [4.69, 9.17) is 5.73 Å². The highest BCUT2D eigenvalue weighted by atomic mass is 15.3. The van der Waals surface area contributed by atoms with Gasteiger partial charge in [-0.15, -0.1) is 0 Å². The van der Waals surface area contributed by atoms with E-state index in [0.717, 1.165) is 12.1 Å². The quantitative estimate of drug-likeness (QED) is 0.824. The topological polar surface area (TPSA) is 32.5 Å². The lowest BCUT2D eigenvalue weighted by Gasteiger charge is -2.37. The van der Waals surface area contributed by atoms with Gasteiger partial charge < -0.3 is 15.5 Å². The second kappa shape index (κ2) is 6.21.